The summed E-state index contributed by atoms with van der Waals surface area (Å²) >= 11 is 0. The van der Waals surface area contributed by atoms with Gasteiger partial charge in [-0.2, -0.15) is 0 Å². The Morgan fingerprint density at radius 1 is 1.17 bits per heavy atom. The summed E-state index contributed by atoms with van der Waals surface area (Å²) in [7, 11) is 0. The smallest absolute Gasteiger partial charge is 0.311 e. The molecule has 1 saturated heterocycles. The first-order valence-corrected chi connectivity index (χ1v) is 10.3. The molecule has 0 spiro atoms. The fourth-order valence-electron chi connectivity index (χ4n) is 3.33. The maximum absolute atomic E-state index is 12.6. The van der Waals surface area contributed by atoms with E-state index < -0.39 is 24.4 Å². The molecule has 0 bridgehead atoms. The minimum absolute atomic E-state index is 0.0273. The Hall–Kier alpha value is -2.90. The average molecular weight is 418 g/mol. The second kappa shape index (κ2) is 10.8. The topological polar surface area (TPSA) is 105 Å². The Balaban J connectivity index is 1.89. The lowest BCUT2D eigenvalue weighted by Crippen LogP contribution is -2.41. The highest BCUT2D eigenvalue weighted by Gasteiger charge is 2.37. The molecule has 1 aliphatic heterocycles. The molecule has 30 heavy (non-hydrogen) atoms. The van der Waals surface area contributed by atoms with Gasteiger partial charge >= 0.3 is 5.97 Å². The van der Waals surface area contributed by atoms with Gasteiger partial charge in [0.2, 0.25) is 11.8 Å². The van der Waals surface area contributed by atoms with Crippen LogP contribution in [-0.4, -0.2) is 49.4 Å². The molecule has 1 fully saturated rings. The van der Waals surface area contributed by atoms with E-state index in [0.29, 0.717) is 0 Å². The maximum Gasteiger partial charge on any atom is 0.311 e. The number of esters is 1. The molecule has 8 heteroatoms. The van der Waals surface area contributed by atoms with Crippen LogP contribution in [-0.2, 0) is 23.9 Å². The summed E-state index contributed by atoms with van der Waals surface area (Å²) in [5.41, 5.74) is 1.89. The van der Waals surface area contributed by atoms with E-state index in [4.69, 9.17) is 4.74 Å². The first kappa shape index (κ1) is 23.4. The summed E-state index contributed by atoms with van der Waals surface area (Å²) in [6.07, 6.45) is 0.987. The van der Waals surface area contributed by atoms with Crippen molar-refractivity contribution >= 4 is 29.4 Å². The van der Waals surface area contributed by atoms with Crippen molar-refractivity contribution in [2.45, 2.75) is 52.5 Å². The predicted molar refractivity (Wildman–Crippen MR) is 113 cm³/mol. The summed E-state index contributed by atoms with van der Waals surface area (Å²) in [6, 6.07) is 7.68. The zero-order valence-electron chi connectivity index (χ0n) is 18.1. The molecule has 2 N–H and O–H groups in total. The van der Waals surface area contributed by atoms with Gasteiger partial charge in [-0.15, -0.1) is 0 Å². The number of amides is 3. The van der Waals surface area contributed by atoms with Gasteiger partial charge in [0.15, 0.2) is 6.61 Å². The number of carbonyl (C=O) groups is 4. The molecule has 8 nitrogen and oxygen atoms in total. The van der Waals surface area contributed by atoms with Crippen LogP contribution in [0.3, 0.4) is 0 Å². The highest BCUT2D eigenvalue weighted by atomic mass is 16.5. The van der Waals surface area contributed by atoms with Crippen molar-refractivity contribution in [3.05, 3.63) is 29.8 Å². The molecule has 0 unspecified atom stereocenters. The van der Waals surface area contributed by atoms with Crippen LogP contribution in [0.2, 0.25) is 0 Å². The van der Waals surface area contributed by atoms with Crippen LogP contribution in [0.4, 0.5) is 5.69 Å². The van der Waals surface area contributed by atoms with Crippen LogP contribution >= 0.6 is 0 Å². The van der Waals surface area contributed by atoms with Crippen molar-refractivity contribution in [2.24, 2.45) is 5.92 Å². The first-order valence-electron chi connectivity index (χ1n) is 10.3. The van der Waals surface area contributed by atoms with Gasteiger partial charge in [0, 0.05) is 24.7 Å². The molecule has 1 aromatic rings. The summed E-state index contributed by atoms with van der Waals surface area (Å²) in [4.78, 5) is 49.9. The number of benzene rings is 1. The van der Waals surface area contributed by atoms with Crippen molar-refractivity contribution in [1.29, 1.82) is 0 Å². The molecule has 164 valence electrons. The minimum atomic E-state index is -0.625. The quantitative estimate of drug-likeness (QED) is 0.596. The highest BCUT2D eigenvalue weighted by molar-refractivity contribution is 6.00. The summed E-state index contributed by atoms with van der Waals surface area (Å²) < 4.78 is 5.07. The third-order valence-corrected chi connectivity index (χ3v) is 5.07. The van der Waals surface area contributed by atoms with Gasteiger partial charge < -0.3 is 20.3 Å². The van der Waals surface area contributed by atoms with E-state index in [0.717, 1.165) is 17.7 Å². The van der Waals surface area contributed by atoms with Gasteiger partial charge in [-0.1, -0.05) is 32.0 Å². The van der Waals surface area contributed by atoms with Crippen molar-refractivity contribution in [3.63, 3.8) is 0 Å². The normalized spacial score (nSPS) is 17.0. The molecule has 3 amide bonds. The minimum Gasteiger partial charge on any atom is -0.455 e. The number of rotatable bonds is 9. The number of para-hydroxylation sites is 1. The van der Waals surface area contributed by atoms with Gasteiger partial charge in [-0.05, 0) is 37.8 Å². The number of nitrogens with one attached hydrogen (secondary N) is 2. The van der Waals surface area contributed by atoms with Crippen molar-refractivity contribution in [1.82, 2.24) is 10.6 Å². The Morgan fingerprint density at radius 3 is 2.53 bits per heavy atom. The lowest BCUT2D eigenvalue weighted by atomic mass is 9.96. The van der Waals surface area contributed by atoms with Crippen LogP contribution < -0.4 is 15.5 Å². The Kier molecular flexibility index (Phi) is 8.38. The van der Waals surface area contributed by atoms with E-state index in [2.05, 4.69) is 24.5 Å². The van der Waals surface area contributed by atoms with E-state index in [1.54, 1.807) is 4.90 Å². The third-order valence-electron chi connectivity index (χ3n) is 5.07. The summed E-state index contributed by atoms with van der Waals surface area (Å²) in [5.74, 6) is -1.94. The Bertz CT molecular complexity index is 793. The van der Waals surface area contributed by atoms with Crippen molar-refractivity contribution < 1.29 is 23.9 Å². The van der Waals surface area contributed by atoms with E-state index >= 15 is 0 Å². The van der Waals surface area contributed by atoms with Crippen LogP contribution in [0.5, 0.6) is 0 Å². The van der Waals surface area contributed by atoms with Crippen LogP contribution in [0, 0.1) is 5.92 Å². The molecular formula is C22H31N3O5. The maximum atomic E-state index is 12.6. The summed E-state index contributed by atoms with van der Waals surface area (Å²) in [5, 5.41) is 5.04. The van der Waals surface area contributed by atoms with Crippen molar-refractivity contribution in [3.8, 4) is 0 Å². The second-order valence-electron chi connectivity index (χ2n) is 7.88. The fourth-order valence-corrected chi connectivity index (χ4v) is 3.33. The molecule has 2 rings (SSSR count). The van der Waals surface area contributed by atoms with E-state index in [1.807, 2.05) is 38.1 Å². The lowest BCUT2D eigenvalue weighted by molar-refractivity contribution is -0.152. The number of ether oxygens (including phenoxy) is 1. The van der Waals surface area contributed by atoms with Gasteiger partial charge in [-0.25, -0.2) is 0 Å². The van der Waals surface area contributed by atoms with Crippen LogP contribution in [0.15, 0.2) is 24.3 Å². The zero-order valence-corrected chi connectivity index (χ0v) is 18.1. The monoisotopic (exact) mass is 417 g/mol. The zero-order chi connectivity index (χ0) is 22.3. The fraction of sp³-hybridized carbons (Fsp3) is 0.545. The summed E-state index contributed by atoms with van der Waals surface area (Å²) in [6.45, 7) is 7.38. The third kappa shape index (κ3) is 6.30. The molecular weight excluding hydrogens is 386 g/mol. The Labute approximate surface area is 177 Å². The molecule has 0 saturated carbocycles. The first-order chi connectivity index (χ1) is 14.2. The number of anilines is 1. The van der Waals surface area contributed by atoms with Gasteiger partial charge in [0.05, 0.1) is 12.5 Å². The molecule has 1 heterocycles. The van der Waals surface area contributed by atoms with Crippen molar-refractivity contribution in [2.75, 3.05) is 24.6 Å². The van der Waals surface area contributed by atoms with E-state index in [-0.39, 0.29) is 43.3 Å². The number of hydrogen-bond acceptors (Lipinski definition) is 5. The van der Waals surface area contributed by atoms with Gasteiger partial charge in [-0.3, -0.25) is 19.2 Å². The second-order valence-corrected chi connectivity index (χ2v) is 7.88. The highest BCUT2D eigenvalue weighted by Crippen LogP contribution is 2.33. The van der Waals surface area contributed by atoms with Crippen LogP contribution in [0.1, 0.15) is 52.0 Å². The van der Waals surface area contributed by atoms with E-state index in [1.165, 1.54) is 0 Å². The molecule has 2 atom stereocenters. The molecule has 1 aliphatic rings. The molecule has 1 aromatic carbocycles. The van der Waals surface area contributed by atoms with Gasteiger partial charge in [0.25, 0.3) is 5.91 Å². The number of carbonyl (C=O) groups excluding carboxylic acids is 4. The standard InChI is InChI=1S/C22H31N3O5/c1-5-15(4)17-8-6-7-9-18(17)25-12-16(10-21(25)28)22(29)30-13-20(27)23-11-19(26)24-14(2)3/h6-9,14-16H,5,10-13H2,1-4H3,(H,23,27)(H,24,26)/t15-,16+/m1/s1. The number of nitrogens with zero attached hydrogens (tertiary/aromatic N) is 1. The molecule has 0 aromatic heterocycles. The van der Waals surface area contributed by atoms with Crippen LogP contribution in [0.25, 0.3) is 0 Å². The molecule has 0 aliphatic carbocycles. The SMILES string of the molecule is CC[C@@H](C)c1ccccc1N1C[C@@H](C(=O)OCC(=O)NCC(=O)NC(C)C)CC1=O. The average Bonchev–Trinajstić information content (AvgIpc) is 3.11. The predicted octanol–water partition coefficient (Wildman–Crippen LogP) is 1.74. The number of hydrogen-bond donors (Lipinski definition) is 2. The van der Waals surface area contributed by atoms with E-state index in [9.17, 15) is 19.2 Å². The van der Waals surface area contributed by atoms with Gasteiger partial charge in [0.1, 0.15) is 0 Å². The largest absolute Gasteiger partial charge is 0.455 e. The Morgan fingerprint density at radius 2 is 1.87 bits per heavy atom. The molecule has 0 radical (unpaired) electrons. The lowest BCUT2D eigenvalue weighted by Gasteiger charge is -2.23.